The molecule has 0 bridgehead atoms. The van der Waals surface area contributed by atoms with E-state index < -0.39 is 0 Å². The Kier molecular flexibility index (Phi) is 112. The summed E-state index contributed by atoms with van der Waals surface area (Å²) in [4.78, 5) is 108. The molecule has 0 atom stereocenters. The van der Waals surface area contributed by atoms with Crippen molar-refractivity contribution >= 4 is 53.2 Å². The number of rotatable bonds is 20. The summed E-state index contributed by atoms with van der Waals surface area (Å²) in [6, 6.07) is 0. The Hall–Kier alpha value is -4.77. The fourth-order valence-electron chi connectivity index (χ4n) is 17.5. The normalized spacial score (nSPS) is 25.6. The molecule has 9 fully saturated rings. The summed E-state index contributed by atoms with van der Waals surface area (Å²) in [5.74, 6) is 12.8. The van der Waals surface area contributed by atoms with Crippen molar-refractivity contribution in [2.24, 2.45) is 107 Å². The van der Waals surface area contributed by atoms with Gasteiger partial charge in [0, 0.05) is 127 Å². The molecule has 130 heavy (non-hydrogen) atoms. The molecule has 0 aromatic carbocycles. The summed E-state index contributed by atoms with van der Waals surface area (Å²) in [7, 11) is 6.89. The van der Waals surface area contributed by atoms with Gasteiger partial charge in [-0.3, -0.25) is 43.2 Å². The molecule has 0 aliphatic heterocycles. The highest BCUT2D eigenvalue weighted by atomic mass is 16.2. The zero-order valence-electron chi connectivity index (χ0n) is 94.2. The Morgan fingerprint density at radius 3 is 0.462 bits per heavy atom. The molecule has 18 nitrogen and oxygen atoms in total. The van der Waals surface area contributed by atoms with Gasteiger partial charge in [0.15, 0.2) is 0 Å². The molecule has 0 aromatic rings. The van der Waals surface area contributed by atoms with Crippen LogP contribution in [0.4, 0.5) is 0 Å². The first kappa shape index (κ1) is 143. The number of amides is 9. The molecule has 0 heterocycles. The van der Waals surface area contributed by atoms with Crippen molar-refractivity contribution in [1.82, 2.24) is 47.0 Å². The van der Waals surface area contributed by atoms with Crippen LogP contribution in [-0.4, -0.2) is 137 Å². The van der Waals surface area contributed by atoms with Crippen LogP contribution in [0.1, 0.15) is 492 Å². The Morgan fingerprint density at radius 2 is 0.338 bits per heavy atom. The van der Waals surface area contributed by atoms with E-state index in [0.29, 0.717) is 65.1 Å². The van der Waals surface area contributed by atoms with E-state index in [1.165, 1.54) is 116 Å². The fourth-order valence-corrected chi connectivity index (χ4v) is 17.5. The number of nitrogens with zero attached hydrogens (tertiary/aromatic N) is 2. The number of carbonyl (C=O) groups is 9. The Morgan fingerprint density at radius 1 is 0.200 bits per heavy atom. The van der Waals surface area contributed by atoms with E-state index in [2.05, 4.69) is 141 Å². The lowest BCUT2D eigenvalue weighted by atomic mass is 9.82. The highest BCUT2D eigenvalue weighted by Crippen LogP contribution is 2.36. The van der Waals surface area contributed by atoms with Crippen LogP contribution in [0.3, 0.4) is 0 Å². The Labute approximate surface area is 811 Å². The van der Waals surface area contributed by atoms with Crippen LogP contribution in [0, 0.1) is 107 Å². The zero-order chi connectivity index (χ0) is 102. The maximum Gasteiger partial charge on any atom is 0.225 e. The molecule has 18 heteroatoms. The van der Waals surface area contributed by atoms with E-state index in [9.17, 15) is 43.2 Å². The van der Waals surface area contributed by atoms with E-state index in [-0.39, 0.29) is 41.4 Å². The lowest BCUT2D eigenvalue weighted by Crippen LogP contribution is -2.37. The molecule has 9 saturated carbocycles. The van der Waals surface area contributed by atoms with Gasteiger partial charge in [-0.15, -0.1) is 0 Å². The molecule has 9 aliphatic carbocycles. The summed E-state index contributed by atoms with van der Waals surface area (Å²) < 4.78 is 0. The van der Waals surface area contributed by atoms with E-state index in [1.54, 1.807) is 28.2 Å². The van der Waals surface area contributed by atoms with E-state index in [0.717, 1.165) is 240 Å². The molecule has 0 spiro atoms. The van der Waals surface area contributed by atoms with Crippen LogP contribution in [-0.2, 0) is 43.2 Å². The predicted octanol–water partition coefficient (Wildman–Crippen LogP) is 28.2. The topological polar surface area (TPSA) is 244 Å². The Bertz CT molecular complexity index is 2250. The van der Waals surface area contributed by atoms with Gasteiger partial charge in [-0.05, 0) is 331 Å². The summed E-state index contributed by atoms with van der Waals surface area (Å²) in [5, 5.41) is 19.7. The molecule has 7 N–H and O–H groups in total. The van der Waals surface area contributed by atoms with Crippen molar-refractivity contribution in [3.8, 4) is 0 Å². The minimum Gasteiger partial charge on any atom is -0.359 e. The number of carbonyl (C=O) groups excluding carboxylic acids is 9. The van der Waals surface area contributed by atoms with E-state index >= 15 is 0 Å². The van der Waals surface area contributed by atoms with Crippen LogP contribution in [0.5, 0.6) is 0 Å². The predicted molar refractivity (Wildman–Crippen MR) is 569 cm³/mol. The Balaban J connectivity index is -0.000000177. The van der Waals surface area contributed by atoms with Crippen LogP contribution in [0.2, 0.25) is 0 Å². The first-order chi connectivity index (χ1) is 62.5. The quantitative estimate of drug-likeness (QED) is 0.0612. The van der Waals surface area contributed by atoms with Gasteiger partial charge in [0.1, 0.15) is 0 Å². The molecule has 9 amide bonds. The average molecular weight is 1850 g/mol. The van der Waals surface area contributed by atoms with Crippen molar-refractivity contribution in [3.63, 3.8) is 0 Å². The molecule has 9 rings (SSSR count). The van der Waals surface area contributed by atoms with Gasteiger partial charge in [0.05, 0.1) is 0 Å². The van der Waals surface area contributed by atoms with Crippen LogP contribution in [0.25, 0.3) is 0 Å². The lowest BCUT2D eigenvalue weighted by molar-refractivity contribution is -0.137. The molecule has 0 saturated heterocycles. The van der Waals surface area contributed by atoms with E-state index in [1.807, 2.05) is 141 Å². The number of hydrogen-bond donors (Lipinski definition) is 7. The molecule has 9 aliphatic rings. The van der Waals surface area contributed by atoms with Crippen molar-refractivity contribution in [2.75, 3.05) is 74.0 Å². The standard InChI is InChI=1S/2C13H25NO.2C11H21NO.C10H19NO.4C9H17NO.9C2H6/c2*1-4-10-14(5-2)13(15)12-8-6-11(3)7-9-12;2*1-3-8-12-11(13)10-6-4-9(2)5-7-10;1-3-11-10(12)9-6-4-8(2)5-7-9;4*1-7-3-5-8(6-4-7)9(11)10-2;9*1-2/h2*11-12H,4-10H2,1-3H3;2*9-10H,3-8H2,1-2H3,(H,12,13);8-9H,3-7H2,1-2H3,(H,11,12);4*7-8H,3-6H2,1-2H3,(H,10,11);9*1-2H3. The second-order valence-corrected chi connectivity index (χ2v) is 36.4. The maximum absolute atomic E-state index is 12.2. The fraction of sp³-hybridized carbons (Fsp3) is 0.920. The first-order valence-corrected chi connectivity index (χ1v) is 55.8. The van der Waals surface area contributed by atoms with Gasteiger partial charge in [-0.2, -0.15) is 0 Å². The first-order valence-electron chi connectivity index (χ1n) is 55.8. The van der Waals surface area contributed by atoms with Gasteiger partial charge in [-0.25, -0.2) is 0 Å². The van der Waals surface area contributed by atoms with Gasteiger partial charge >= 0.3 is 0 Å². The zero-order valence-corrected chi connectivity index (χ0v) is 94.2. The lowest BCUT2D eigenvalue weighted by Gasteiger charge is -2.30. The maximum atomic E-state index is 12.2. The van der Waals surface area contributed by atoms with Crippen molar-refractivity contribution in [2.45, 2.75) is 492 Å². The van der Waals surface area contributed by atoms with Crippen molar-refractivity contribution in [1.29, 1.82) is 0 Å². The number of hydrogen-bond acceptors (Lipinski definition) is 9. The average Bonchev–Trinajstić information content (AvgIpc) is 0.869. The largest absolute Gasteiger partial charge is 0.359 e. The van der Waals surface area contributed by atoms with Crippen LogP contribution in [0.15, 0.2) is 0 Å². The summed E-state index contributed by atoms with van der Waals surface area (Å²) >= 11 is 0. The second-order valence-electron chi connectivity index (χ2n) is 36.4. The minimum atomic E-state index is 0.233. The number of nitrogens with one attached hydrogen (secondary N) is 7. The monoisotopic (exact) mass is 1850 g/mol. The molecular formula is C112H233N9O9. The molecule has 0 unspecified atom stereocenters. The minimum absolute atomic E-state index is 0.233. The molecular weight excluding hydrogens is 1620 g/mol. The van der Waals surface area contributed by atoms with Gasteiger partial charge in [-0.1, -0.05) is 215 Å². The summed E-state index contributed by atoms with van der Waals surface area (Å²) in [6.45, 7) is 77.1. The third kappa shape index (κ3) is 73.5. The summed E-state index contributed by atoms with van der Waals surface area (Å²) in [6.07, 6.45) is 46.0. The summed E-state index contributed by atoms with van der Waals surface area (Å²) in [5.41, 5.74) is 0. The van der Waals surface area contributed by atoms with Gasteiger partial charge in [0.2, 0.25) is 53.2 Å². The SMILES string of the molecule is CC.CC.CC.CC.CC.CC.CC.CC.CC.CCCN(CC)C(=O)C1CCC(C)CC1.CCCN(CC)C(=O)C1CCC(C)CC1.CCCNC(=O)C1CCC(C)CC1.CCCNC(=O)C1CCC(C)CC1.CCNC(=O)C1CCC(C)CC1.CNC(=O)C1CCC(C)CC1.CNC(=O)C1CCC(C)CC1.CNC(=O)C1CCC(C)CC1.CNC(=O)C1CCC(C)CC1. The highest BCUT2D eigenvalue weighted by Gasteiger charge is 2.32. The molecule has 0 radical (unpaired) electrons. The third-order valence-corrected chi connectivity index (χ3v) is 26.2. The molecule has 780 valence electrons. The molecule has 0 aromatic heterocycles. The van der Waals surface area contributed by atoms with Gasteiger partial charge < -0.3 is 47.0 Å². The highest BCUT2D eigenvalue weighted by molar-refractivity contribution is 5.82. The smallest absolute Gasteiger partial charge is 0.225 e. The van der Waals surface area contributed by atoms with Crippen molar-refractivity contribution in [3.05, 3.63) is 0 Å². The van der Waals surface area contributed by atoms with Crippen LogP contribution >= 0.6 is 0 Å². The third-order valence-electron chi connectivity index (χ3n) is 26.2. The van der Waals surface area contributed by atoms with Crippen LogP contribution < -0.4 is 37.2 Å². The van der Waals surface area contributed by atoms with Crippen molar-refractivity contribution < 1.29 is 43.2 Å². The van der Waals surface area contributed by atoms with Gasteiger partial charge in [0.25, 0.3) is 0 Å². The van der Waals surface area contributed by atoms with E-state index in [4.69, 9.17) is 0 Å². The second kappa shape index (κ2) is 102.